The molecule has 436 valence electrons. The fourth-order valence-corrected chi connectivity index (χ4v) is 11.0. The van der Waals surface area contributed by atoms with E-state index in [0.29, 0.717) is 64.5 Å². The average Bonchev–Trinajstić information content (AvgIpc) is 4.07. The van der Waals surface area contributed by atoms with Gasteiger partial charge >= 0.3 is 0 Å². The lowest BCUT2D eigenvalue weighted by Crippen LogP contribution is -2.61. The van der Waals surface area contributed by atoms with Gasteiger partial charge in [0.2, 0.25) is 35.4 Å². The van der Waals surface area contributed by atoms with Gasteiger partial charge in [-0.1, -0.05) is 104 Å². The topological polar surface area (TPSA) is 230 Å². The second kappa shape index (κ2) is 26.5. The summed E-state index contributed by atoms with van der Waals surface area (Å²) in [5.41, 5.74) is 14.2. The van der Waals surface area contributed by atoms with Gasteiger partial charge < -0.3 is 41.9 Å². The Morgan fingerprint density at radius 1 is 0.543 bits per heavy atom. The molecule has 8 rings (SSSR count). The summed E-state index contributed by atoms with van der Waals surface area (Å²) in [5, 5.41) is 14.6. The van der Waals surface area contributed by atoms with Crippen LogP contribution in [0, 0.1) is 10.8 Å². The zero-order valence-electron chi connectivity index (χ0n) is 48.5. The van der Waals surface area contributed by atoms with Crippen molar-refractivity contribution in [1.82, 2.24) is 50.4 Å². The molecule has 2 aliphatic heterocycles. The number of para-hydroxylation sites is 2. The number of carbonyl (C=O) groups is 6. The quantitative estimate of drug-likeness (QED) is 0.0544. The van der Waals surface area contributed by atoms with E-state index in [0.717, 1.165) is 44.1 Å². The Hall–Kier alpha value is -7.38. The lowest BCUT2D eigenvalue weighted by atomic mass is 9.74. The van der Waals surface area contributed by atoms with Crippen molar-refractivity contribution in [3.8, 4) is 0 Å². The third-order valence-electron chi connectivity index (χ3n) is 15.8. The Bertz CT molecular complexity index is 2900. The number of H-pyrrole nitrogens is 2. The zero-order valence-corrected chi connectivity index (χ0v) is 48.5. The molecule has 6 aromatic rings. The molecule has 4 aromatic carbocycles. The van der Waals surface area contributed by atoms with Gasteiger partial charge in [-0.2, -0.15) is 0 Å². The monoisotopic (exact) mass is 1110 g/mol. The summed E-state index contributed by atoms with van der Waals surface area (Å²) in [6.45, 7) is 8.05. The predicted octanol–water partition coefficient (Wildman–Crippen LogP) is 6.07. The maximum atomic E-state index is 14.2. The van der Waals surface area contributed by atoms with E-state index in [2.05, 4.69) is 20.6 Å². The maximum Gasteiger partial charge on any atom is 0.245 e. The summed E-state index contributed by atoms with van der Waals surface area (Å²) in [6, 6.07) is 34.0. The van der Waals surface area contributed by atoms with E-state index in [-0.39, 0.29) is 44.1 Å². The second-order valence-electron chi connectivity index (χ2n) is 23.6. The molecule has 4 heterocycles. The molecule has 81 heavy (non-hydrogen) atoms. The number of likely N-dealkylation sites (tertiary alicyclic amines) is 2. The Kier molecular flexibility index (Phi) is 20.5. The second-order valence-corrected chi connectivity index (χ2v) is 23.6. The highest BCUT2D eigenvalue weighted by atomic mass is 16.2. The fourth-order valence-electron chi connectivity index (χ4n) is 11.0. The SMILES string of the molecule is C.CN(C)N(C)C(=O)[C@@]1(Cc2ccccc2)CCCN(C(=O)[C@@H](Cc2c[nH]c3ccccc23)NC(=O)C(C)(C)N)C1.CN(C)N(C)C(=O)[C@]1(Cc2ccccc2)CCCN(C(=O)[C@@H](Cc2c[nH]c3ccccc23)NC(=O)C(C)(C)N)C1. The van der Waals surface area contributed by atoms with Crippen LogP contribution >= 0.6 is 0 Å². The first kappa shape index (κ1) is 62.8. The Morgan fingerprint density at radius 2 is 0.877 bits per heavy atom. The van der Waals surface area contributed by atoms with Crippen molar-refractivity contribution >= 4 is 57.2 Å². The first-order valence-corrected chi connectivity index (χ1v) is 27.7. The molecule has 0 radical (unpaired) electrons. The van der Waals surface area contributed by atoms with Gasteiger partial charge in [0.15, 0.2) is 0 Å². The highest BCUT2D eigenvalue weighted by Gasteiger charge is 2.48. The van der Waals surface area contributed by atoms with E-state index in [9.17, 15) is 28.8 Å². The van der Waals surface area contributed by atoms with Crippen LogP contribution in [0.15, 0.2) is 122 Å². The zero-order chi connectivity index (χ0) is 58.2. The van der Waals surface area contributed by atoms with Crippen LogP contribution in [-0.4, -0.2) is 167 Å². The molecule has 0 aliphatic carbocycles. The average molecular weight is 1110 g/mol. The number of aromatic amines is 2. The molecule has 18 nitrogen and oxygen atoms in total. The Balaban J connectivity index is 0.000000258. The molecule has 0 spiro atoms. The lowest BCUT2D eigenvalue weighted by Gasteiger charge is -2.45. The smallest absolute Gasteiger partial charge is 0.245 e. The van der Waals surface area contributed by atoms with Crippen LogP contribution in [0.5, 0.6) is 0 Å². The molecule has 6 amide bonds. The van der Waals surface area contributed by atoms with Gasteiger partial charge in [-0.3, -0.25) is 38.8 Å². The standard InChI is InChI=1S/2C31H42N6O3.CH4/c2*1-30(2,32)28(39)34-26(18-23-20-33-25-15-10-9-14-24(23)25)27(38)37-17-11-16-31(21-37,29(40)36(5)35(3)4)19-22-12-7-6-8-13-22;/h2*6-10,12-15,20,26,33H,11,16-19,21,32H2,1-5H3,(H,34,39);1H4/t26-,31+;26-,31-;/m11./s1. The van der Waals surface area contributed by atoms with Gasteiger partial charge in [0.05, 0.1) is 21.9 Å². The number of nitrogens with one attached hydrogen (secondary N) is 4. The van der Waals surface area contributed by atoms with Crippen molar-refractivity contribution in [2.24, 2.45) is 22.3 Å². The highest BCUT2D eigenvalue weighted by molar-refractivity contribution is 5.95. The van der Waals surface area contributed by atoms with Gasteiger partial charge in [0, 0.05) is 116 Å². The van der Waals surface area contributed by atoms with Crippen LogP contribution in [0.1, 0.15) is 83.1 Å². The normalized spacial score (nSPS) is 18.3. The molecular formula is C63H88N12O6. The van der Waals surface area contributed by atoms with Crippen LogP contribution in [0.25, 0.3) is 21.8 Å². The number of hydrogen-bond donors (Lipinski definition) is 6. The first-order valence-electron chi connectivity index (χ1n) is 27.7. The maximum absolute atomic E-state index is 14.2. The third-order valence-corrected chi connectivity index (χ3v) is 15.8. The van der Waals surface area contributed by atoms with Crippen molar-refractivity contribution in [2.75, 3.05) is 68.5 Å². The number of benzene rings is 4. The molecule has 2 saturated heterocycles. The van der Waals surface area contributed by atoms with E-state index in [1.54, 1.807) is 71.6 Å². The number of nitrogens with two attached hydrogens (primary N) is 2. The summed E-state index contributed by atoms with van der Waals surface area (Å²) in [4.78, 5) is 92.4. The number of amides is 6. The Morgan fingerprint density at radius 3 is 1.21 bits per heavy atom. The molecule has 4 atom stereocenters. The molecule has 0 saturated carbocycles. The minimum Gasteiger partial charge on any atom is -0.361 e. The molecule has 18 heteroatoms. The molecule has 2 aromatic heterocycles. The van der Waals surface area contributed by atoms with E-state index in [4.69, 9.17) is 11.5 Å². The van der Waals surface area contributed by atoms with Crippen molar-refractivity contribution in [2.45, 2.75) is 110 Å². The van der Waals surface area contributed by atoms with Crippen molar-refractivity contribution in [3.05, 3.63) is 144 Å². The van der Waals surface area contributed by atoms with Gasteiger partial charge in [0.1, 0.15) is 12.1 Å². The predicted molar refractivity (Wildman–Crippen MR) is 321 cm³/mol. The number of hydrogen-bond acceptors (Lipinski definition) is 10. The molecule has 2 aliphatic rings. The number of rotatable bonds is 18. The lowest BCUT2D eigenvalue weighted by molar-refractivity contribution is -0.160. The molecular weight excluding hydrogens is 1020 g/mol. The molecule has 2 fully saturated rings. The Labute approximate surface area is 478 Å². The van der Waals surface area contributed by atoms with Gasteiger partial charge in [0.25, 0.3) is 0 Å². The van der Waals surface area contributed by atoms with Gasteiger partial charge in [-0.05, 0) is 101 Å². The van der Waals surface area contributed by atoms with Crippen LogP contribution in [0.4, 0.5) is 0 Å². The summed E-state index contributed by atoms with van der Waals surface area (Å²) >= 11 is 0. The van der Waals surface area contributed by atoms with Gasteiger partial charge in [-0.15, -0.1) is 0 Å². The molecule has 0 unspecified atom stereocenters. The van der Waals surface area contributed by atoms with Crippen LogP contribution in [-0.2, 0) is 54.5 Å². The van der Waals surface area contributed by atoms with Crippen molar-refractivity contribution in [1.29, 1.82) is 0 Å². The minimum absolute atomic E-state index is 0. The van der Waals surface area contributed by atoms with Crippen molar-refractivity contribution < 1.29 is 28.8 Å². The number of aromatic nitrogens is 2. The van der Waals surface area contributed by atoms with Gasteiger partial charge in [-0.25, -0.2) is 10.0 Å². The molecule has 0 bridgehead atoms. The van der Waals surface area contributed by atoms with Crippen LogP contribution < -0.4 is 22.1 Å². The summed E-state index contributed by atoms with van der Waals surface area (Å²) in [7, 11) is 10.9. The highest BCUT2D eigenvalue weighted by Crippen LogP contribution is 2.38. The minimum atomic E-state index is -1.15. The van der Waals surface area contributed by atoms with Crippen molar-refractivity contribution in [3.63, 3.8) is 0 Å². The van der Waals surface area contributed by atoms with Crippen LogP contribution in [0.3, 0.4) is 0 Å². The van der Waals surface area contributed by atoms with E-state index >= 15 is 0 Å². The summed E-state index contributed by atoms with van der Waals surface area (Å²) in [6.07, 6.45) is 8.11. The van der Waals surface area contributed by atoms with E-state index < -0.39 is 45.8 Å². The number of fused-ring (bicyclic) bond motifs is 2. The number of piperidine rings is 2. The fraction of sp³-hybridized carbons (Fsp3) is 0.460. The summed E-state index contributed by atoms with van der Waals surface area (Å²) in [5.74, 6) is -1.28. The number of hydrazine groups is 2. The van der Waals surface area contributed by atoms with E-state index in [1.165, 1.54) is 0 Å². The number of nitrogens with zero attached hydrogens (tertiary/aromatic N) is 6. The van der Waals surface area contributed by atoms with Crippen LogP contribution in [0.2, 0.25) is 0 Å². The molecule has 8 N–H and O–H groups in total. The van der Waals surface area contributed by atoms with E-state index in [1.807, 2.05) is 150 Å². The first-order chi connectivity index (χ1) is 37.8. The third kappa shape index (κ3) is 15.1. The number of carbonyl (C=O) groups excluding carboxylic acids is 6. The largest absolute Gasteiger partial charge is 0.361 e. The summed E-state index contributed by atoms with van der Waals surface area (Å²) < 4.78 is 0.